The summed E-state index contributed by atoms with van der Waals surface area (Å²) < 4.78 is 0.188. The van der Waals surface area contributed by atoms with Gasteiger partial charge in [-0.1, -0.05) is 48.6 Å². The highest BCUT2D eigenvalue weighted by Crippen LogP contribution is 2.65. The molecule has 0 aliphatic carbocycles. The van der Waals surface area contributed by atoms with Gasteiger partial charge in [0.2, 0.25) is 17.7 Å². The molecule has 1 N–H and O–H groups in total. The van der Waals surface area contributed by atoms with Gasteiger partial charge in [-0.2, -0.15) is 0 Å². The SMILES string of the molecule is CCCN1CC=C[C@@]2(C)S[C@]34C=CCN(Cn5nnc6ccccc65)C(=O)C3N(CCCO)C(=O)[C@@H]4[C@H]2C1=O. The second-order valence-corrected chi connectivity index (χ2v) is 12.8. The maximum atomic E-state index is 14.4. The van der Waals surface area contributed by atoms with Gasteiger partial charge in [-0.3, -0.25) is 14.4 Å². The fourth-order valence-corrected chi connectivity index (χ4v) is 9.04. The standard InChI is InChI=1S/C28H34N6O4S/c1-3-13-31-14-6-11-27(2)21(24(31)36)22-25(37)33(16-8-17-35)23-26(38)32(15-7-12-28(22,23)39-27)18-34-20-10-5-4-9-19(20)29-30-34/h4-7,9-12,21-23,35H,3,8,13-18H2,1-2H3/t21-,22-,23?,27+,28-/m0/s1. The highest BCUT2D eigenvalue weighted by molar-refractivity contribution is 8.02. The summed E-state index contributed by atoms with van der Waals surface area (Å²) in [5.41, 5.74) is 1.57. The number of aliphatic hydroxyl groups is 1. The van der Waals surface area contributed by atoms with Crippen molar-refractivity contribution in [1.82, 2.24) is 29.7 Å². The van der Waals surface area contributed by atoms with Gasteiger partial charge in [0.15, 0.2) is 0 Å². The minimum Gasteiger partial charge on any atom is -0.396 e. The summed E-state index contributed by atoms with van der Waals surface area (Å²) in [4.78, 5) is 47.8. The molecule has 2 aromatic rings. The summed E-state index contributed by atoms with van der Waals surface area (Å²) in [5, 5.41) is 18.1. The van der Waals surface area contributed by atoms with Gasteiger partial charge in [0, 0.05) is 37.5 Å². The number of carbonyl (C=O) groups is 3. The third kappa shape index (κ3) is 3.92. The lowest BCUT2D eigenvalue weighted by Gasteiger charge is -2.36. The van der Waals surface area contributed by atoms with E-state index in [0.29, 0.717) is 26.1 Å². The van der Waals surface area contributed by atoms with Gasteiger partial charge in [0.25, 0.3) is 0 Å². The molecule has 3 amide bonds. The number of thioether (sulfide) groups is 1. The number of benzene rings is 1. The normalized spacial score (nSPS) is 32.0. The van der Waals surface area contributed by atoms with E-state index in [1.807, 2.05) is 61.2 Å². The maximum absolute atomic E-state index is 14.4. The Labute approximate surface area is 231 Å². The van der Waals surface area contributed by atoms with Crippen LogP contribution in [0.3, 0.4) is 0 Å². The highest BCUT2D eigenvalue weighted by atomic mass is 32.2. The molecule has 39 heavy (non-hydrogen) atoms. The number of carbonyl (C=O) groups excluding carboxylic acids is 3. The molecule has 0 radical (unpaired) electrons. The fourth-order valence-electron chi connectivity index (χ4n) is 6.88. The van der Waals surface area contributed by atoms with Crippen LogP contribution in [0.1, 0.15) is 26.7 Å². The Kier molecular flexibility index (Phi) is 6.53. The Morgan fingerprint density at radius 3 is 2.56 bits per heavy atom. The van der Waals surface area contributed by atoms with Crippen LogP contribution in [0.25, 0.3) is 11.0 Å². The molecule has 0 saturated carbocycles. The van der Waals surface area contributed by atoms with Crippen LogP contribution in [-0.4, -0.2) is 101 Å². The van der Waals surface area contributed by atoms with Crippen molar-refractivity contribution in [3.8, 4) is 0 Å². The Morgan fingerprint density at radius 2 is 1.77 bits per heavy atom. The predicted molar refractivity (Wildman–Crippen MR) is 147 cm³/mol. The first-order valence-electron chi connectivity index (χ1n) is 13.7. The minimum absolute atomic E-state index is 0.0223. The van der Waals surface area contributed by atoms with E-state index in [-0.39, 0.29) is 37.5 Å². The van der Waals surface area contributed by atoms with Crippen LogP contribution >= 0.6 is 11.8 Å². The number of hydrogen-bond donors (Lipinski definition) is 1. The summed E-state index contributed by atoms with van der Waals surface area (Å²) in [5.74, 6) is -1.63. The first-order chi connectivity index (χ1) is 18.8. The quantitative estimate of drug-likeness (QED) is 0.522. The molecule has 10 nitrogen and oxygen atoms in total. The van der Waals surface area contributed by atoms with E-state index in [0.717, 1.165) is 17.5 Å². The number of nitrogens with zero attached hydrogens (tertiary/aromatic N) is 6. The molecule has 4 aliphatic rings. The molecule has 5 atom stereocenters. The molecule has 1 aromatic heterocycles. The van der Waals surface area contributed by atoms with Crippen molar-refractivity contribution in [3.05, 3.63) is 48.6 Å². The maximum Gasteiger partial charge on any atom is 0.248 e. The van der Waals surface area contributed by atoms with E-state index < -0.39 is 27.4 Å². The molecule has 2 saturated heterocycles. The molecule has 6 rings (SSSR count). The smallest absolute Gasteiger partial charge is 0.248 e. The molecule has 1 unspecified atom stereocenters. The topological polar surface area (TPSA) is 112 Å². The van der Waals surface area contributed by atoms with E-state index in [9.17, 15) is 19.5 Å². The van der Waals surface area contributed by atoms with Crippen molar-refractivity contribution < 1.29 is 19.5 Å². The fraction of sp³-hybridized carbons (Fsp3) is 0.536. The van der Waals surface area contributed by atoms with Crippen LogP contribution in [0.5, 0.6) is 0 Å². The Morgan fingerprint density at radius 1 is 1.00 bits per heavy atom. The zero-order chi connectivity index (χ0) is 27.4. The van der Waals surface area contributed by atoms with E-state index in [1.54, 1.807) is 26.2 Å². The lowest BCUT2D eigenvalue weighted by Crippen LogP contribution is -2.53. The van der Waals surface area contributed by atoms with Crippen molar-refractivity contribution in [2.24, 2.45) is 11.8 Å². The van der Waals surface area contributed by atoms with E-state index >= 15 is 0 Å². The summed E-state index contributed by atoms with van der Waals surface area (Å²) >= 11 is 1.58. The summed E-state index contributed by atoms with van der Waals surface area (Å²) in [6.07, 6.45) is 9.28. The van der Waals surface area contributed by atoms with Crippen molar-refractivity contribution in [1.29, 1.82) is 0 Å². The van der Waals surface area contributed by atoms with Gasteiger partial charge in [-0.25, -0.2) is 4.68 Å². The van der Waals surface area contributed by atoms with Gasteiger partial charge >= 0.3 is 0 Å². The Balaban J connectivity index is 1.41. The molecule has 2 fully saturated rings. The first kappa shape index (κ1) is 26.1. The number of hydrogen-bond acceptors (Lipinski definition) is 7. The number of likely N-dealkylation sites (tertiary alicyclic amines) is 1. The highest BCUT2D eigenvalue weighted by Gasteiger charge is 2.73. The molecule has 206 valence electrons. The average molecular weight is 551 g/mol. The molecule has 1 spiro atoms. The third-order valence-corrected chi connectivity index (χ3v) is 10.3. The number of fused-ring (bicyclic) bond motifs is 3. The van der Waals surface area contributed by atoms with Gasteiger partial charge < -0.3 is 19.8 Å². The van der Waals surface area contributed by atoms with Crippen molar-refractivity contribution in [2.45, 2.75) is 48.9 Å². The van der Waals surface area contributed by atoms with Gasteiger partial charge in [-0.05, 0) is 31.9 Å². The van der Waals surface area contributed by atoms with Crippen molar-refractivity contribution >= 4 is 40.5 Å². The van der Waals surface area contributed by atoms with Crippen LogP contribution in [-0.2, 0) is 21.1 Å². The monoisotopic (exact) mass is 550 g/mol. The largest absolute Gasteiger partial charge is 0.396 e. The zero-order valence-electron chi connectivity index (χ0n) is 22.3. The van der Waals surface area contributed by atoms with Crippen LogP contribution in [0.2, 0.25) is 0 Å². The van der Waals surface area contributed by atoms with Crippen LogP contribution in [0.15, 0.2) is 48.6 Å². The van der Waals surface area contributed by atoms with Crippen LogP contribution in [0.4, 0.5) is 0 Å². The number of rotatable bonds is 7. The van der Waals surface area contributed by atoms with Gasteiger partial charge in [-0.15, -0.1) is 16.9 Å². The molecule has 4 aliphatic heterocycles. The molecule has 11 heteroatoms. The lowest BCUT2D eigenvalue weighted by molar-refractivity contribution is -0.145. The first-order valence-corrected chi connectivity index (χ1v) is 14.5. The third-order valence-electron chi connectivity index (χ3n) is 8.50. The predicted octanol–water partition coefficient (Wildman–Crippen LogP) is 1.67. The van der Waals surface area contributed by atoms with E-state index in [4.69, 9.17) is 0 Å². The number of para-hydroxylation sites is 1. The molecule has 1 aromatic carbocycles. The van der Waals surface area contributed by atoms with Crippen molar-refractivity contribution in [2.75, 3.05) is 32.8 Å². The molecular formula is C28H34N6O4S. The second-order valence-electron chi connectivity index (χ2n) is 11.0. The van der Waals surface area contributed by atoms with Gasteiger partial charge in [0.1, 0.15) is 18.2 Å². The average Bonchev–Trinajstić information content (AvgIpc) is 3.45. The van der Waals surface area contributed by atoms with E-state index in [2.05, 4.69) is 16.4 Å². The molecule has 0 bridgehead atoms. The van der Waals surface area contributed by atoms with Crippen LogP contribution in [0, 0.1) is 11.8 Å². The zero-order valence-corrected chi connectivity index (χ0v) is 23.1. The summed E-state index contributed by atoms with van der Waals surface area (Å²) in [6, 6.07) is 6.81. The molecule has 5 heterocycles. The Bertz CT molecular complexity index is 1370. The number of aliphatic hydroxyl groups excluding tert-OH is 1. The van der Waals surface area contributed by atoms with Crippen LogP contribution < -0.4 is 0 Å². The van der Waals surface area contributed by atoms with E-state index in [1.165, 1.54) is 0 Å². The van der Waals surface area contributed by atoms with Gasteiger partial charge in [0.05, 0.1) is 22.1 Å². The van der Waals surface area contributed by atoms with Crippen molar-refractivity contribution in [3.63, 3.8) is 0 Å². The minimum atomic E-state index is -0.891. The second kappa shape index (κ2) is 9.78. The number of aromatic nitrogens is 3. The number of amides is 3. The lowest BCUT2D eigenvalue weighted by atomic mass is 9.74. The molecular weight excluding hydrogens is 516 g/mol. The summed E-state index contributed by atoms with van der Waals surface area (Å²) in [6.45, 7) is 5.94. The Hall–Kier alpha value is -3.18. The summed E-state index contributed by atoms with van der Waals surface area (Å²) in [7, 11) is 0.